The van der Waals surface area contributed by atoms with Crippen molar-refractivity contribution < 1.29 is 27.1 Å². The maximum Gasteiger partial charge on any atom is 0.280 e. The molecule has 1 aromatic carbocycles. The summed E-state index contributed by atoms with van der Waals surface area (Å²) in [7, 11) is -1.77. The van der Waals surface area contributed by atoms with E-state index in [2.05, 4.69) is 10.0 Å². The number of carbonyl (C=O) groups is 1. The molecule has 1 amide bonds. The molecule has 13 heteroatoms. The predicted molar refractivity (Wildman–Crippen MR) is 146 cm³/mol. The van der Waals surface area contributed by atoms with Gasteiger partial charge in [-0.2, -0.15) is 28.8 Å². The monoisotopic (exact) mass is 571 g/mol. The van der Waals surface area contributed by atoms with Gasteiger partial charge in [0.1, 0.15) is 11.9 Å². The molecule has 2 aliphatic rings. The van der Waals surface area contributed by atoms with Gasteiger partial charge in [0, 0.05) is 17.6 Å². The van der Waals surface area contributed by atoms with E-state index in [1.807, 2.05) is 39.8 Å². The van der Waals surface area contributed by atoms with Gasteiger partial charge in [-0.05, 0) is 69.5 Å². The van der Waals surface area contributed by atoms with Gasteiger partial charge < -0.3 is 14.8 Å². The largest absolute Gasteiger partial charge is 0.370 e. The molecule has 37 heavy (non-hydrogen) atoms. The molecule has 8 nitrogen and oxygen atoms in total. The highest BCUT2D eigenvalue weighted by molar-refractivity contribution is 7.87. The van der Waals surface area contributed by atoms with E-state index < -0.39 is 39.6 Å². The van der Waals surface area contributed by atoms with Crippen LogP contribution in [0.5, 0.6) is 0 Å². The summed E-state index contributed by atoms with van der Waals surface area (Å²) in [6.07, 6.45) is 0.992. The molecule has 2 N–H and O–H groups in total. The molecular formula is C24H32BClFN3O5S2. The van der Waals surface area contributed by atoms with Crippen LogP contribution in [0, 0.1) is 5.82 Å². The van der Waals surface area contributed by atoms with E-state index in [1.54, 1.807) is 0 Å². The van der Waals surface area contributed by atoms with Crippen LogP contribution in [0.2, 0.25) is 11.3 Å². The van der Waals surface area contributed by atoms with Crippen molar-refractivity contribution in [2.24, 2.45) is 0 Å². The number of carbonyl (C=O) groups excluding carboxylic acids is 1. The maximum atomic E-state index is 13.5. The Balaban J connectivity index is 1.42. The smallest absolute Gasteiger partial charge is 0.280 e. The summed E-state index contributed by atoms with van der Waals surface area (Å²) in [5.41, 5.74) is -0.481. The highest BCUT2D eigenvalue weighted by Gasteiger charge is 2.45. The minimum absolute atomic E-state index is 0.0246. The third kappa shape index (κ3) is 6.21. The van der Waals surface area contributed by atoms with Gasteiger partial charge in [-0.15, -0.1) is 0 Å². The normalized spacial score (nSPS) is 26.9. The Morgan fingerprint density at radius 1 is 1.27 bits per heavy atom. The van der Waals surface area contributed by atoms with Crippen molar-refractivity contribution in [1.82, 2.24) is 9.03 Å². The van der Waals surface area contributed by atoms with Crippen LogP contribution in [0.3, 0.4) is 0 Å². The Morgan fingerprint density at radius 2 is 2.00 bits per heavy atom. The molecule has 0 bridgehead atoms. The molecule has 2 aliphatic heterocycles. The second kappa shape index (κ2) is 10.6. The molecule has 2 saturated heterocycles. The van der Waals surface area contributed by atoms with Crippen LogP contribution >= 0.6 is 22.9 Å². The quantitative estimate of drug-likeness (QED) is 0.519. The first-order valence-electron chi connectivity index (χ1n) is 12.1. The number of likely N-dealkylation sites (N-methyl/N-ethyl adjacent to an activating group) is 1. The molecule has 3 heterocycles. The van der Waals surface area contributed by atoms with Crippen molar-refractivity contribution in [3.8, 4) is 0 Å². The molecule has 4 rings (SSSR count). The molecule has 3 unspecified atom stereocenters. The zero-order valence-electron chi connectivity index (χ0n) is 21.5. The van der Waals surface area contributed by atoms with Crippen molar-refractivity contribution in [3.05, 3.63) is 46.0 Å². The average molecular weight is 572 g/mol. The van der Waals surface area contributed by atoms with Crippen LogP contribution in [-0.2, 0) is 24.5 Å². The van der Waals surface area contributed by atoms with Crippen molar-refractivity contribution in [2.75, 3.05) is 19.0 Å². The van der Waals surface area contributed by atoms with Crippen molar-refractivity contribution >= 4 is 56.8 Å². The number of thiophene rings is 1. The van der Waals surface area contributed by atoms with Gasteiger partial charge in [0.05, 0.1) is 35.0 Å². The van der Waals surface area contributed by atoms with E-state index in [-0.39, 0.29) is 28.8 Å². The first-order valence-corrected chi connectivity index (χ1v) is 14.7. The van der Waals surface area contributed by atoms with Gasteiger partial charge in [-0.3, -0.25) is 4.79 Å². The van der Waals surface area contributed by atoms with Crippen molar-refractivity contribution in [3.63, 3.8) is 0 Å². The summed E-state index contributed by atoms with van der Waals surface area (Å²) in [5, 5.41) is 2.51. The second-order valence-corrected chi connectivity index (χ2v) is 13.8. The van der Waals surface area contributed by atoms with Gasteiger partial charge >= 0.3 is 0 Å². The number of nitrogens with one attached hydrogen (secondary N) is 2. The molecule has 0 spiro atoms. The average Bonchev–Trinajstić information content (AvgIpc) is 3.28. The van der Waals surface area contributed by atoms with Crippen LogP contribution in [0.25, 0.3) is 0 Å². The lowest BCUT2D eigenvalue weighted by Gasteiger charge is -2.48. The standard InChI is InChI=1S/C24H32BClFN3O5S2/c1-23(2)24(3,4)35-15(13-34-23)12-25-21-9-8-20(36-21)18-11-19(30(5)37(32,33)29-18)22(31)28-14-6-7-17(27)16(26)10-14/h6-10,15,18-19,25,29H,11-13H2,1-5H3,(H,28,31). The van der Waals surface area contributed by atoms with Gasteiger partial charge in [-0.25, -0.2) is 4.39 Å². The van der Waals surface area contributed by atoms with Crippen LogP contribution in [0.15, 0.2) is 30.3 Å². The summed E-state index contributed by atoms with van der Waals surface area (Å²) >= 11 is 7.33. The van der Waals surface area contributed by atoms with Crippen LogP contribution < -0.4 is 14.8 Å². The highest BCUT2D eigenvalue weighted by atomic mass is 35.5. The third-order valence-corrected chi connectivity index (χ3v) is 10.5. The summed E-state index contributed by atoms with van der Waals surface area (Å²) < 4.78 is 56.2. The van der Waals surface area contributed by atoms with Crippen molar-refractivity contribution in [1.29, 1.82) is 0 Å². The van der Waals surface area contributed by atoms with Crippen LogP contribution in [-0.4, -0.2) is 62.9 Å². The molecule has 202 valence electrons. The maximum absolute atomic E-state index is 13.5. The summed E-state index contributed by atoms with van der Waals surface area (Å²) in [6, 6.07) is 6.19. The number of halogens is 2. The minimum Gasteiger partial charge on any atom is -0.370 e. The Labute approximate surface area is 227 Å². The fraction of sp³-hybridized carbons (Fsp3) is 0.542. The highest BCUT2D eigenvalue weighted by Crippen LogP contribution is 2.35. The topological polar surface area (TPSA) is 97.0 Å². The molecular weight excluding hydrogens is 540 g/mol. The number of amides is 1. The van der Waals surface area contributed by atoms with Crippen LogP contribution in [0.1, 0.15) is 45.0 Å². The van der Waals surface area contributed by atoms with Crippen molar-refractivity contribution in [2.45, 2.75) is 69.8 Å². The summed E-state index contributed by atoms with van der Waals surface area (Å²) in [4.78, 5) is 13.8. The molecule has 3 atom stereocenters. The Morgan fingerprint density at radius 3 is 2.68 bits per heavy atom. The van der Waals surface area contributed by atoms with E-state index in [0.717, 1.165) is 33.6 Å². The zero-order chi connectivity index (χ0) is 27.2. The lowest BCUT2D eigenvalue weighted by atomic mass is 9.70. The number of hydrogen-bond donors (Lipinski definition) is 2. The SMILES string of the molecule is CN1C(C(=O)Nc2ccc(F)c(Cl)c2)CC(c2ccc(BCC3COC(C)(C)C(C)(C)O3)s2)NS1(=O)=O. The van der Waals surface area contributed by atoms with Gasteiger partial charge in [-0.1, -0.05) is 17.7 Å². The fourth-order valence-electron chi connectivity index (χ4n) is 4.33. The number of anilines is 1. The Hall–Kier alpha value is -1.54. The Bertz CT molecular complexity index is 1270. The van der Waals surface area contributed by atoms with E-state index in [1.165, 1.54) is 30.5 Å². The lowest BCUT2D eigenvalue weighted by Crippen LogP contribution is -2.57. The number of hydrogen-bond acceptors (Lipinski definition) is 6. The first kappa shape index (κ1) is 28.5. The first-order chi connectivity index (χ1) is 17.2. The number of ether oxygens (including phenoxy) is 2. The van der Waals surface area contributed by atoms with E-state index in [4.69, 9.17) is 21.1 Å². The second-order valence-electron chi connectivity index (χ2n) is 10.5. The number of benzene rings is 1. The van der Waals surface area contributed by atoms with E-state index in [9.17, 15) is 17.6 Å². The molecule has 0 radical (unpaired) electrons. The molecule has 0 aliphatic carbocycles. The van der Waals surface area contributed by atoms with Gasteiger partial charge in [0.15, 0.2) is 7.28 Å². The lowest BCUT2D eigenvalue weighted by molar-refractivity contribution is -0.257. The molecule has 2 aromatic rings. The zero-order valence-corrected chi connectivity index (χ0v) is 23.9. The minimum atomic E-state index is -3.90. The molecule has 2 fully saturated rings. The van der Waals surface area contributed by atoms with Gasteiger partial charge in [0.2, 0.25) is 5.91 Å². The predicted octanol–water partition coefficient (Wildman–Crippen LogP) is 3.21. The third-order valence-electron chi connectivity index (χ3n) is 7.34. The number of nitrogens with zero attached hydrogens (tertiary/aromatic N) is 1. The summed E-state index contributed by atoms with van der Waals surface area (Å²) in [5.74, 6) is -1.12. The molecule has 0 saturated carbocycles. The van der Waals surface area contributed by atoms with Crippen LogP contribution in [0.4, 0.5) is 10.1 Å². The number of rotatable bonds is 6. The fourth-order valence-corrected chi connectivity index (χ4v) is 6.94. The van der Waals surface area contributed by atoms with E-state index in [0.29, 0.717) is 6.61 Å². The molecule has 1 aromatic heterocycles. The Kier molecular flexibility index (Phi) is 8.12. The summed E-state index contributed by atoms with van der Waals surface area (Å²) in [6.45, 7) is 8.65. The van der Waals surface area contributed by atoms with E-state index >= 15 is 0 Å². The van der Waals surface area contributed by atoms with Gasteiger partial charge in [0.25, 0.3) is 10.2 Å².